The van der Waals surface area contributed by atoms with Gasteiger partial charge in [-0.15, -0.1) is 11.3 Å². The fourth-order valence-corrected chi connectivity index (χ4v) is 1.82. The standard InChI is InChI=1S/C9H13NO.C7H11NOS/c1-8(2)11-7-9-4-3-5-10-6-9;1-6(2)9-4-7-3-8-5-10-7/h3-6,8H,7H2,1-2H3;3,5-6H,4H2,1-2H3. The highest BCUT2D eigenvalue weighted by Gasteiger charge is 1.96. The van der Waals surface area contributed by atoms with Crippen molar-refractivity contribution in [1.29, 1.82) is 0 Å². The van der Waals surface area contributed by atoms with E-state index < -0.39 is 0 Å². The highest BCUT2D eigenvalue weighted by atomic mass is 32.1. The van der Waals surface area contributed by atoms with Gasteiger partial charge in [0.1, 0.15) is 0 Å². The highest BCUT2D eigenvalue weighted by molar-refractivity contribution is 7.09. The van der Waals surface area contributed by atoms with Gasteiger partial charge in [-0.3, -0.25) is 9.97 Å². The lowest BCUT2D eigenvalue weighted by Crippen LogP contribution is -2.02. The number of aromatic nitrogens is 2. The minimum atomic E-state index is 0.287. The maximum atomic E-state index is 5.39. The monoisotopic (exact) mass is 308 g/mol. The summed E-state index contributed by atoms with van der Waals surface area (Å²) in [4.78, 5) is 9.11. The van der Waals surface area contributed by atoms with Crippen LogP contribution < -0.4 is 0 Å². The molecule has 2 aromatic heterocycles. The Bertz CT molecular complexity index is 458. The number of rotatable bonds is 6. The molecular formula is C16H24N2O2S. The normalized spacial score (nSPS) is 10.6. The minimum absolute atomic E-state index is 0.287. The Balaban J connectivity index is 0.000000211. The van der Waals surface area contributed by atoms with Gasteiger partial charge in [-0.2, -0.15) is 0 Å². The fraction of sp³-hybridized carbons (Fsp3) is 0.500. The van der Waals surface area contributed by atoms with Gasteiger partial charge in [0, 0.05) is 18.6 Å². The van der Waals surface area contributed by atoms with Crippen LogP contribution in [0.4, 0.5) is 0 Å². The zero-order valence-electron chi connectivity index (χ0n) is 13.2. The number of thiazole rings is 1. The lowest BCUT2D eigenvalue weighted by atomic mass is 10.3. The first-order chi connectivity index (χ1) is 10.1. The summed E-state index contributed by atoms with van der Waals surface area (Å²) in [6, 6.07) is 3.92. The molecule has 0 amide bonds. The predicted octanol–water partition coefficient (Wildman–Crippen LogP) is 4.07. The molecule has 0 spiro atoms. The second-order valence-electron chi connectivity index (χ2n) is 5.05. The first-order valence-electron chi connectivity index (χ1n) is 7.07. The van der Waals surface area contributed by atoms with Crippen LogP contribution in [0.5, 0.6) is 0 Å². The van der Waals surface area contributed by atoms with E-state index in [2.05, 4.69) is 9.97 Å². The summed E-state index contributed by atoms with van der Waals surface area (Å²) in [7, 11) is 0. The van der Waals surface area contributed by atoms with Gasteiger partial charge in [0.15, 0.2) is 0 Å². The number of nitrogens with zero attached hydrogens (tertiary/aromatic N) is 2. The molecule has 0 saturated heterocycles. The summed E-state index contributed by atoms with van der Waals surface area (Å²) in [5, 5.41) is 0. The van der Waals surface area contributed by atoms with Crippen molar-refractivity contribution in [3.63, 3.8) is 0 Å². The van der Waals surface area contributed by atoms with Crippen LogP contribution >= 0.6 is 11.3 Å². The Morgan fingerprint density at radius 2 is 1.71 bits per heavy atom. The molecule has 0 unspecified atom stereocenters. The molecule has 116 valence electrons. The predicted molar refractivity (Wildman–Crippen MR) is 86.2 cm³/mol. The zero-order chi connectivity index (χ0) is 15.5. The third-order valence-corrected chi connectivity index (χ3v) is 3.10. The van der Waals surface area contributed by atoms with Crippen molar-refractivity contribution in [2.24, 2.45) is 0 Å². The highest BCUT2D eigenvalue weighted by Crippen LogP contribution is 2.07. The average molecular weight is 308 g/mol. The van der Waals surface area contributed by atoms with Crippen molar-refractivity contribution in [3.8, 4) is 0 Å². The molecule has 2 heterocycles. The van der Waals surface area contributed by atoms with Gasteiger partial charge < -0.3 is 9.47 Å². The maximum absolute atomic E-state index is 5.39. The number of pyridine rings is 1. The average Bonchev–Trinajstić information content (AvgIpc) is 2.98. The molecule has 21 heavy (non-hydrogen) atoms. The van der Waals surface area contributed by atoms with Crippen molar-refractivity contribution < 1.29 is 9.47 Å². The lowest BCUT2D eigenvalue weighted by Gasteiger charge is -2.05. The molecule has 0 atom stereocenters. The first kappa shape index (κ1) is 17.8. The molecule has 0 radical (unpaired) electrons. The van der Waals surface area contributed by atoms with Crippen LogP contribution in [0, 0.1) is 0 Å². The Morgan fingerprint density at radius 3 is 2.24 bits per heavy atom. The fourth-order valence-electron chi connectivity index (χ4n) is 1.31. The number of hydrogen-bond donors (Lipinski definition) is 0. The molecule has 2 aromatic rings. The third kappa shape index (κ3) is 9.28. The van der Waals surface area contributed by atoms with Crippen molar-refractivity contribution in [2.75, 3.05) is 0 Å². The second-order valence-corrected chi connectivity index (χ2v) is 6.02. The van der Waals surface area contributed by atoms with Gasteiger partial charge in [-0.25, -0.2) is 0 Å². The SMILES string of the molecule is CC(C)OCc1cccnc1.CC(C)OCc1cncs1. The smallest absolute Gasteiger partial charge is 0.0828 e. The van der Waals surface area contributed by atoms with Crippen molar-refractivity contribution in [2.45, 2.75) is 53.1 Å². The van der Waals surface area contributed by atoms with E-state index in [1.807, 2.05) is 57.7 Å². The summed E-state index contributed by atoms with van der Waals surface area (Å²) < 4.78 is 10.7. The third-order valence-electron chi connectivity index (χ3n) is 2.35. The Labute approximate surface area is 131 Å². The second kappa shape index (κ2) is 10.4. The van der Waals surface area contributed by atoms with E-state index in [0.29, 0.717) is 19.3 Å². The van der Waals surface area contributed by atoms with Crippen LogP contribution in [0.1, 0.15) is 38.1 Å². The summed E-state index contributed by atoms with van der Waals surface area (Å²) in [5.41, 5.74) is 2.94. The van der Waals surface area contributed by atoms with Crippen LogP contribution in [-0.2, 0) is 22.7 Å². The summed E-state index contributed by atoms with van der Waals surface area (Å²) in [6.07, 6.45) is 6.02. The summed E-state index contributed by atoms with van der Waals surface area (Å²) in [5.74, 6) is 0. The van der Waals surface area contributed by atoms with Gasteiger partial charge >= 0.3 is 0 Å². The number of hydrogen-bond acceptors (Lipinski definition) is 5. The van der Waals surface area contributed by atoms with Crippen molar-refractivity contribution in [1.82, 2.24) is 9.97 Å². The van der Waals surface area contributed by atoms with Gasteiger partial charge in [-0.1, -0.05) is 6.07 Å². The van der Waals surface area contributed by atoms with Crippen LogP contribution in [0.3, 0.4) is 0 Å². The summed E-state index contributed by atoms with van der Waals surface area (Å²) in [6.45, 7) is 9.46. The molecule has 0 aliphatic rings. The first-order valence-corrected chi connectivity index (χ1v) is 7.95. The van der Waals surface area contributed by atoms with E-state index in [-0.39, 0.29) is 6.10 Å². The lowest BCUT2D eigenvalue weighted by molar-refractivity contribution is 0.0655. The van der Waals surface area contributed by atoms with E-state index in [9.17, 15) is 0 Å². The molecular weight excluding hydrogens is 284 g/mol. The quantitative estimate of drug-likeness (QED) is 0.806. The van der Waals surface area contributed by atoms with Crippen LogP contribution in [-0.4, -0.2) is 22.2 Å². The molecule has 0 aliphatic heterocycles. The van der Waals surface area contributed by atoms with Gasteiger partial charge in [0.2, 0.25) is 0 Å². The van der Waals surface area contributed by atoms with Crippen LogP contribution in [0.15, 0.2) is 36.2 Å². The molecule has 0 aromatic carbocycles. The van der Waals surface area contributed by atoms with Crippen molar-refractivity contribution >= 4 is 11.3 Å². The Hall–Kier alpha value is -1.30. The van der Waals surface area contributed by atoms with Gasteiger partial charge in [0.05, 0.1) is 35.8 Å². The molecule has 2 rings (SSSR count). The molecule has 5 heteroatoms. The Morgan fingerprint density at radius 1 is 1.00 bits per heavy atom. The number of ether oxygens (including phenoxy) is 2. The molecule has 4 nitrogen and oxygen atoms in total. The maximum Gasteiger partial charge on any atom is 0.0828 e. The van der Waals surface area contributed by atoms with E-state index in [4.69, 9.17) is 9.47 Å². The molecule has 0 bridgehead atoms. The molecule has 0 N–H and O–H groups in total. The minimum Gasteiger partial charge on any atom is -0.374 e. The van der Waals surface area contributed by atoms with E-state index >= 15 is 0 Å². The summed E-state index contributed by atoms with van der Waals surface area (Å²) >= 11 is 1.63. The molecule has 0 aliphatic carbocycles. The topological polar surface area (TPSA) is 44.2 Å². The van der Waals surface area contributed by atoms with E-state index in [0.717, 1.165) is 5.56 Å². The van der Waals surface area contributed by atoms with Crippen LogP contribution in [0.25, 0.3) is 0 Å². The van der Waals surface area contributed by atoms with Crippen molar-refractivity contribution in [3.05, 3.63) is 46.7 Å². The van der Waals surface area contributed by atoms with Gasteiger partial charge in [0.25, 0.3) is 0 Å². The zero-order valence-corrected chi connectivity index (χ0v) is 14.0. The molecule has 0 fully saturated rings. The van der Waals surface area contributed by atoms with Gasteiger partial charge in [-0.05, 0) is 39.3 Å². The van der Waals surface area contributed by atoms with Crippen LogP contribution in [0.2, 0.25) is 0 Å². The largest absolute Gasteiger partial charge is 0.374 e. The van der Waals surface area contributed by atoms with E-state index in [1.54, 1.807) is 17.5 Å². The molecule has 0 saturated carbocycles. The Kier molecular flexibility index (Phi) is 8.82. The van der Waals surface area contributed by atoms with E-state index in [1.165, 1.54) is 4.88 Å².